The Bertz CT molecular complexity index is 900. The van der Waals surface area contributed by atoms with Crippen LogP contribution in [0.1, 0.15) is 36.1 Å². The lowest BCUT2D eigenvalue weighted by atomic mass is 10.0. The van der Waals surface area contributed by atoms with Gasteiger partial charge in [-0.25, -0.2) is 4.98 Å². The van der Waals surface area contributed by atoms with Gasteiger partial charge in [0.1, 0.15) is 5.82 Å². The summed E-state index contributed by atoms with van der Waals surface area (Å²) in [5.74, 6) is 2.02. The average Bonchev–Trinajstić information content (AvgIpc) is 3.24. The van der Waals surface area contributed by atoms with Gasteiger partial charge in [0.2, 0.25) is 6.79 Å². The van der Waals surface area contributed by atoms with Crippen molar-refractivity contribution in [2.75, 3.05) is 6.79 Å². The van der Waals surface area contributed by atoms with Crippen LogP contribution in [-0.2, 0) is 0 Å². The first-order valence-electron chi connectivity index (χ1n) is 8.27. The molecule has 1 unspecified atom stereocenters. The van der Waals surface area contributed by atoms with Gasteiger partial charge in [-0.15, -0.1) is 0 Å². The second-order valence-electron chi connectivity index (χ2n) is 6.40. The van der Waals surface area contributed by atoms with E-state index in [1.165, 1.54) is 0 Å². The summed E-state index contributed by atoms with van der Waals surface area (Å²) < 4.78 is 10.6. The molecule has 128 valence electrons. The van der Waals surface area contributed by atoms with Crippen LogP contribution in [0.15, 0.2) is 42.5 Å². The number of carbonyl (C=O) groups excluding carboxylic acids is 1. The van der Waals surface area contributed by atoms with Gasteiger partial charge in [0, 0.05) is 5.56 Å². The molecule has 4 rings (SSSR count). The highest BCUT2D eigenvalue weighted by Crippen LogP contribution is 2.32. The maximum Gasteiger partial charge on any atom is 0.252 e. The number of carbonyl (C=O) groups is 1. The molecule has 2 aromatic carbocycles. The number of aromatic nitrogens is 2. The van der Waals surface area contributed by atoms with Gasteiger partial charge >= 0.3 is 0 Å². The maximum absolute atomic E-state index is 12.7. The van der Waals surface area contributed by atoms with Crippen LogP contribution in [0.4, 0.5) is 0 Å². The highest BCUT2D eigenvalue weighted by Gasteiger charge is 2.23. The minimum atomic E-state index is -0.217. The molecule has 0 radical (unpaired) electrons. The summed E-state index contributed by atoms with van der Waals surface area (Å²) in [6.07, 6.45) is 0. The minimum Gasteiger partial charge on any atom is -0.454 e. The Morgan fingerprint density at radius 3 is 2.76 bits per heavy atom. The Balaban J connectivity index is 1.60. The monoisotopic (exact) mass is 337 g/mol. The van der Waals surface area contributed by atoms with Crippen molar-refractivity contribution in [3.63, 3.8) is 0 Å². The first kappa shape index (κ1) is 15.5. The van der Waals surface area contributed by atoms with Crippen molar-refractivity contribution >= 4 is 16.9 Å². The Kier molecular flexibility index (Phi) is 3.80. The van der Waals surface area contributed by atoms with Crippen molar-refractivity contribution < 1.29 is 14.3 Å². The van der Waals surface area contributed by atoms with E-state index in [4.69, 9.17) is 9.47 Å². The fourth-order valence-corrected chi connectivity index (χ4v) is 2.93. The van der Waals surface area contributed by atoms with Crippen LogP contribution in [0.5, 0.6) is 11.5 Å². The Labute approximate surface area is 145 Å². The molecule has 2 heterocycles. The van der Waals surface area contributed by atoms with Crippen LogP contribution in [0.2, 0.25) is 0 Å². The molecule has 0 spiro atoms. The van der Waals surface area contributed by atoms with Gasteiger partial charge in [-0.2, -0.15) is 0 Å². The third kappa shape index (κ3) is 2.91. The number of hydrogen-bond acceptors (Lipinski definition) is 4. The zero-order valence-electron chi connectivity index (χ0n) is 14.1. The van der Waals surface area contributed by atoms with Gasteiger partial charge < -0.3 is 19.8 Å². The molecule has 0 fully saturated rings. The molecule has 1 aliphatic heterocycles. The summed E-state index contributed by atoms with van der Waals surface area (Å²) in [4.78, 5) is 20.6. The Morgan fingerprint density at radius 1 is 1.16 bits per heavy atom. The number of para-hydroxylation sites is 2. The first-order chi connectivity index (χ1) is 12.1. The fraction of sp³-hybridized carbons (Fsp3) is 0.263. The number of hydrogen-bond donors (Lipinski definition) is 2. The van der Waals surface area contributed by atoms with Gasteiger partial charge in [0.25, 0.3) is 5.91 Å². The normalized spacial score (nSPS) is 14.0. The molecule has 0 saturated carbocycles. The number of fused-ring (bicyclic) bond motifs is 2. The minimum absolute atomic E-state index is 0.169. The standard InChI is InChI=1S/C19H19N3O3/c1-11(2)17(18-20-13-5-3-4-6-14(13)21-18)22-19(23)12-7-8-15-16(9-12)25-10-24-15/h3-9,11,17H,10H2,1-2H3,(H,20,21)(H,22,23). The van der Waals surface area contributed by atoms with E-state index < -0.39 is 0 Å². The molecule has 6 heteroatoms. The summed E-state index contributed by atoms with van der Waals surface area (Å²) in [5, 5.41) is 3.07. The van der Waals surface area contributed by atoms with E-state index in [2.05, 4.69) is 29.1 Å². The molecule has 1 atom stereocenters. The van der Waals surface area contributed by atoms with E-state index in [1.54, 1.807) is 18.2 Å². The molecular formula is C19H19N3O3. The number of aromatic amines is 1. The van der Waals surface area contributed by atoms with Gasteiger partial charge in [-0.05, 0) is 36.2 Å². The second-order valence-corrected chi connectivity index (χ2v) is 6.40. The molecular weight excluding hydrogens is 318 g/mol. The number of H-pyrrole nitrogens is 1. The lowest BCUT2D eigenvalue weighted by Gasteiger charge is -2.20. The van der Waals surface area contributed by atoms with Gasteiger partial charge in [-0.3, -0.25) is 4.79 Å². The fourth-order valence-electron chi connectivity index (χ4n) is 2.93. The average molecular weight is 337 g/mol. The number of nitrogens with one attached hydrogen (secondary N) is 2. The van der Waals surface area contributed by atoms with Crippen LogP contribution in [0.25, 0.3) is 11.0 Å². The number of imidazole rings is 1. The molecule has 3 aromatic rings. The largest absolute Gasteiger partial charge is 0.454 e. The number of nitrogens with zero attached hydrogens (tertiary/aromatic N) is 1. The van der Waals surface area contributed by atoms with Crippen LogP contribution in [0, 0.1) is 5.92 Å². The van der Waals surface area contributed by atoms with Crippen molar-refractivity contribution in [2.45, 2.75) is 19.9 Å². The SMILES string of the molecule is CC(C)C(NC(=O)c1ccc2c(c1)OCO2)c1nc2ccccc2[nH]1. The smallest absolute Gasteiger partial charge is 0.252 e. The molecule has 25 heavy (non-hydrogen) atoms. The molecule has 0 saturated heterocycles. The molecule has 0 aliphatic carbocycles. The van der Waals surface area contributed by atoms with Crippen LogP contribution >= 0.6 is 0 Å². The predicted molar refractivity (Wildman–Crippen MR) is 93.7 cm³/mol. The number of benzene rings is 2. The van der Waals surface area contributed by atoms with Gasteiger partial charge in [0.05, 0.1) is 17.1 Å². The Hall–Kier alpha value is -3.02. The number of rotatable bonds is 4. The summed E-state index contributed by atoms with van der Waals surface area (Å²) in [5.41, 5.74) is 2.38. The van der Waals surface area contributed by atoms with Gasteiger partial charge in [0.15, 0.2) is 11.5 Å². The molecule has 1 aliphatic rings. The first-order valence-corrected chi connectivity index (χ1v) is 8.27. The third-order valence-electron chi connectivity index (χ3n) is 4.29. The maximum atomic E-state index is 12.7. The van der Waals surface area contributed by atoms with E-state index in [9.17, 15) is 4.79 Å². The zero-order valence-corrected chi connectivity index (χ0v) is 14.1. The van der Waals surface area contributed by atoms with Crippen LogP contribution in [0.3, 0.4) is 0 Å². The van der Waals surface area contributed by atoms with Crippen molar-refractivity contribution in [2.24, 2.45) is 5.92 Å². The Morgan fingerprint density at radius 2 is 1.96 bits per heavy atom. The predicted octanol–water partition coefficient (Wildman–Crippen LogP) is 3.42. The summed E-state index contributed by atoms with van der Waals surface area (Å²) in [6.45, 7) is 4.30. The summed E-state index contributed by atoms with van der Waals surface area (Å²) in [6, 6.07) is 12.8. The highest BCUT2D eigenvalue weighted by molar-refractivity contribution is 5.95. The molecule has 2 N–H and O–H groups in total. The number of amides is 1. The van der Waals surface area contributed by atoms with Crippen LogP contribution in [-0.4, -0.2) is 22.7 Å². The van der Waals surface area contributed by atoms with Crippen molar-refractivity contribution in [1.29, 1.82) is 0 Å². The highest BCUT2D eigenvalue weighted by atomic mass is 16.7. The van der Waals surface area contributed by atoms with Gasteiger partial charge in [-0.1, -0.05) is 26.0 Å². The van der Waals surface area contributed by atoms with E-state index in [1.807, 2.05) is 24.3 Å². The van der Waals surface area contributed by atoms with E-state index in [0.717, 1.165) is 16.9 Å². The number of ether oxygens (including phenoxy) is 2. The topological polar surface area (TPSA) is 76.2 Å². The quantitative estimate of drug-likeness (QED) is 0.765. The van der Waals surface area contributed by atoms with E-state index in [0.29, 0.717) is 17.1 Å². The zero-order chi connectivity index (χ0) is 17.4. The van der Waals surface area contributed by atoms with Crippen LogP contribution < -0.4 is 14.8 Å². The summed E-state index contributed by atoms with van der Waals surface area (Å²) >= 11 is 0. The lowest BCUT2D eigenvalue weighted by Crippen LogP contribution is -2.32. The third-order valence-corrected chi connectivity index (χ3v) is 4.29. The molecule has 6 nitrogen and oxygen atoms in total. The molecule has 1 amide bonds. The van der Waals surface area contributed by atoms with E-state index >= 15 is 0 Å². The van der Waals surface area contributed by atoms with Crippen molar-refractivity contribution in [1.82, 2.24) is 15.3 Å². The molecule has 0 bridgehead atoms. The van der Waals surface area contributed by atoms with Crippen molar-refractivity contribution in [3.05, 3.63) is 53.9 Å². The van der Waals surface area contributed by atoms with Crippen molar-refractivity contribution in [3.8, 4) is 11.5 Å². The molecule has 1 aromatic heterocycles. The van der Waals surface area contributed by atoms with E-state index in [-0.39, 0.29) is 24.7 Å². The lowest BCUT2D eigenvalue weighted by molar-refractivity contribution is 0.0923. The summed E-state index contributed by atoms with van der Waals surface area (Å²) in [7, 11) is 0. The second kappa shape index (κ2) is 6.12.